The topological polar surface area (TPSA) is 21.6 Å². The van der Waals surface area contributed by atoms with Gasteiger partial charge in [0.2, 0.25) is 0 Å². The van der Waals surface area contributed by atoms with E-state index in [1.807, 2.05) is 0 Å². The summed E-state index contributed by atoms with van der Waals surface area (Å²) < 4.78 is 5.54. The van der Waals surface area contributed by atoms with Crippen molar-refractivity contribution in [3.8, 4) is 0 Å². The molecule has 0 N–H and O–H groups in total. The average Bonchev–Trinajstić information content (AvgIpc) is 2.25. The van der Waals surface area contributed by atoms with Crippen LogP contribution in [0.4, 0.5) is 0 Å². The maximum absolute atomic E-state index is 5.54. The zero-order chi connectivity index (χ0) is 8.39. The van der Waals surface area contributed by atoms with E-state index in [0.717, 1.165) is 38.0 Å². The normalized spacial score (nSPS) is 29.2. The van der Waals surface area contributed by atoms with E-state index in [4.69, 9.17) is 4.74 Å². The van der Waals surface area contributed by atoms with Crippen molar-refractivity contribution in [1.29, 1.82) is 0 Å². The molecule has 0 saturated carbocycles. The molecule has 0 aromatic carbocycles. The summed E-state index contributed by atoms with van der Waals surface area (Å²) in [5.41, 5.74) is 1.20. The number of fused-ring (bicyclic) bond motifs is 1. The van der Waals surface area contributed by atoms with Crippen LogP contribution in [0.2, 0.25) is 0 Å². The van der Waals surface area contributed by atoms with Gasteiger partial charge in [0.1, 0.15) is 5.76 Å². The van der Waals surface area contributed by atoms with Crippen molar-refractivity contribution in [3.63, 3.8) is 0 Å². The van der Waals surface area contributed by atoms with Crippen molar-refractivity contribution in [3.05, 3.63) is 11.8 Å². The van der Waals surface area contributed by atoms with Gasteiger partial charge in [-0.15, -0.1) is 0 Å². The van der Waals surface area contributed by atoms with Crippen LogP contribution in [0.25, 0.3) is 0 Å². The van der Waals surface area contributed by atoms with E-state index in [-0.39, 0.29) is 0 Å². The number of aliphatic imine (C=N–C) groups is 1. The molecule has 2 aliphatic heterocycles. The number of hydrogen-bond donors (Lipinski definition) is 0. The quantitative estimate of drug-likeness (QED) is 0.539. The lowest BCUT2D eigenvalue weighted by molar-refractivity contribution is 0.213. The third-order valence-corrected chi connectivity index (χ3v) is 2.39. The Morgan fingerprint density at radius 2 is 2.50 bits per heavy atom. The summed E-state index contributed by atoms with van der Waals surface area (Å²) in [4.78, 5) is 4.62. The molecule has 0 spiro atoms. The molecular formula is C10H15NO. The van der Waals surface area contributed by atoms with Gasteiger partial charge in [0.25, 0.3) is 0 Å². The summed E-state index contributed by atoms with van der Waals surface area (Å²) in [6.07, 6.45) is 6.71. The van der Waals surface area contributed by atoms with Crippen molar-refractivity contribution in [2.75, 3.05) is 6.61 Å². The monoisotopic (exact) mass is 165 g/mol. The fraction of sp³-hybridized carbons (Fsp3) is 0.700. The highest BCUT2D eigenvalue weighted by atomic mass is 16.5. The number of nitrogens with zero attached hydrogens (tertiary/aromatic N) is 1. The van der Waals surface area contributed by atoms with Crippen LogP contribution in [0.3, 0.4) is 0 Å². The lowest BCUT2D eigenvalue weighted by atomic mass is 10.1. The van der Waals surface area contributed by atoms with Gasteiger partial charge in [-0.3, -0.25) is 4.99 Å². The van der Waals surface area contributed by atoms with Crippen molar-refractivity contribution in [1.82, 2.24) is 0 Å². The molecule has 1 atom stereocenters. The maximum Gasteiger partial charge on any atom is 0.136 e. The van der Waals surface area contributed by atoms with E-state index < -0.39 is 0 Å². The molecule has 0 aliphatic carbocycles. The summed E-state index contributed by atoms with van der Waals surface area (Å²) in [6.45, 7) is 3.05. The molecule has 0 radical (unpaired) electrons. The molecule has 66 valence electrons. The Morgan fingerprint density at radius 1 is 1.58 bits per heavy atom. The Labute approximate surface area is 73.3 Å². The van der Waals surface area contributed by atoms with Gasteiger partial charge in [-0.25, -0.2) is 0 Å². The van der Waals surface area contributed by atoms with Crippen LogP contribution in [-0.2, 0) is 4.74 Å². The van der Waals surface area contributed by atoms with E-state index in [9.17, 15) is 0 Å². The SMILES string of the molecule is CC1CCC=C2OCCCC2=N1. The second-order valence-electron chi connectivity index (χ2n) is 3.52. The molecule has 0 bridgehead atoms. The molecule has 2 nitrogen and oxygen atoms in total. The Balaban J connectivity index is 2.21. The van der Waals surface area contributed by atoms with Gasteiger partial charge in [-0.05, 0) is 38.7 Å². The molecule has 0 aromatic rings. The Bertz CT molecular complexity index is 230. The first-order valence-corrected chi connectivity index (χ1v) is 4.76. The minimum Gasteiger partial charge on any atom is -0.492 e. The number of ether oxygens (including phenoxy) is 1. The van der Waals surface area contributed by atoms with E-state index in [2.05, 4.69) is 18.0 Å². The molecule has 1 unspecified atom stereocenters. The van der Waals surface area contributed by atoms with Gasteiger partial charge in [0, 0.05) is 6.04 Å². The van der Waals surface area contributed by atoms with Crippen molar-refractivity contribution in [2.45, 2.75) is 38.6 Å². The highest BCUT2D eigenvalue weighted by Crippen LogP contribution is 2.20. The highest BCUT2D eigenvalue weighted by molar-refractivity contribution is 5.99. The Kier molecular flexibility index (Phi) is 2.15. The summed E-state index contributed by atoms with van der Waals surface area (Å²) in [5.74, 6) is 1.06. The van der Waals surface area contributed by atoms with E-state index in [1.54, 1.807) is 0 Å². The molecule has 1 saturated heterocycles. The lowest BCUT2D eigenvalue weighted by Crippen LogP contribution is -2.15. The number of hydrogen-bond acceptors (Lipinski definition) is 2. The first-order valence-electron chi connectivity index (χ1n) is 4.76. The van der Waals surface area contributed by atoms with Crippen LogP contribution in [0.15, 0.2) is 16.8 Å². The lowest BCUT2D eigenvalue weighted by Gasteiger charge is -2.17. The van der Waals surface area contributed by atoms with Crippen molar-refractivity contribution < 1.29 is 4.74 Å². The first-order chi connectivity index (χ1) is 5.86. The van der Waals surface area contributed by atoms with Crippen LogP contribution in [-0.4, -0.2) is 18.4 Å². The van der Waals surface area contributed by atoms with E-state index in [1.165, 1.54) is 5.71 Å². The van der Waals surface area contributed by atoms with Crippen LogP contribution in [0, 0.1) is 0 Å². The zero-order valence-electron chi connectivity index (χ0n) is 7.55. The first kappa shape index (κ1) is 7.84. The standard InChI is InChI=1S/C10H15NO/c1-8-4-2-6-10-9(11-8)5-3-7-12-10/h6,8H,2-5,7H2,1H3. The van der Waals surface area contributed by atoms with Gasteiger partial charge in [-0.2, -0.15) is 0 Å². The Hall–Kier alpha value is -0.790. The zero-order valence-corrected chi connectivity index (χ0v) is 7.55. The maximum atomic E-state index is 5.54. The smallest absolute Gasteiger partial charge is 0.136 e. The fourth-order valence-electron chi connectivity index (χ4n) is 1.72. The minimum atomic E-state index is 0.482. The third kappa shape index (κ3) is 1.52. The van der Waals surface area contributed by atoms with Crippen molar-refractivity contribution in [2.24, 2.45) is 4.99 Å². The number of allylic oxidation sites excluding steroid dienone is 2. The van der Waals surface area contributed by atoms with Gasteiger partial charge in [0.05, 0.1) is 12.3 Å². The molecule has 1 fully saturated rings. The predicted octanol–water partition coefficient (Wildman–Crippen LogP) is 2.30. The molecule has 0 aromatic heterocycles. The second kappa shape index (κ2) is 3.30. The van der Waals surface area contributed by atoms with Gasteiger partial charge in [-0.1, -0.05) is 0 Å². The molecule has 2 rings (SSSR count). The minimum absolute atomic E-state index is 0.482. The predicted molar refractivity (Wildman–Crippen MR) is 49.4 cm³/mol. The van der Waals surface area contributed by atoms with E-state index in [0.29, 0.717) is 6.04 Å². The summed E-state index contributed by atoms with van der Waals surface area (Å²) in [6, 6.07) is 0.482. The van der Waals surface area contributed by atoms with Crippen LogP contribution in [0.1, 0.15) is 32.6 Å². The molecule has 2 heteroatoms. The number of rotatable bonds is 0. The summed E-state index contributed by atoms with van der Waals surface area (Å²) >= 11 is 0. The van der Waals surface area contributed by atoms with Crippen molar-refractivity contribution >= 4 is 5.71 Å². The molecule has 12 heavy (non-hydrogen) atoms. The molecule has 2 aliphatic rings. The fourth-order valence-corrected chi connectivity index (χ4v) is 1.72. The second-order valence-corrected chi connectivity index (χ2v) is 3.52. The molecule has 0 amide bonds. The van der Waals surface area contributed by atoms with E-state index >= 15 is 0 Å². The summed E-state index contributed by atoms with van der Waals surface area (Å²) in [5, 5.41) is 0. The summed E-state index contributed by atoms with van der Waals surface area (Å²) in [7, 11) is 0. The van der Waals surface area contributed by atoms with Gasteiger partial charge >= 0.3 is 0 Å². The van der Waals surface area contributed by atoms with Crippen LogP contribution < -0.4 is 0 Å². The largest absolute Gasteiger partial charge is 0.492 e. The average molecular weight is 165 g/mol. The molecule has 2 heterocycles. The third-order valence-electron chi connectivity index (χ3n) is 2.39. The Morgan fingerprint density at radius 3 is 3.42 bits per heavy atom. The van der Waals surface area contributed by atoms with Gasteiger partial charge in [0.15, 0.2) is 0 Å². The van der Waals surface area contributed by atoms with Gasteiger partial charge < -0.3 is 4.74 Å². The molecular weight excluding hydrogens is 150 g/mol. The van der Waals surface area contributed by atoms with Crippen LogP contribution in [0.5, 0.6) is 0 Å². The van der Waals surface area contributed by atoms with Crippen LogP contribution >= 0.6 is 0 Å². The highest BCUT2D eigenvalue weighted by Gasteiger charge is 2.17.